The SMILES string of the molecule is CCc1c[n+]2c3c(C)coc3ccc2n1C.CCc1c[n+]2c3nc(C)oc3ccc2n1C.CCc1c[n+]2c3nc(C)sc3ccc2n1C.CCc1c[n+]2cc3c(C)coc3cc2n1C.CCc1c[n+]2cc3c(C)csc3cc2n1C.CCc1c[n+]2cc3nc(C)sc3cc2n1C. The Hall–Kier alpha value is -9.57. The van der Waals surface area contributed by atoms with Gasteiger partial charge in [-0.05, 0) is 62.4 Å². The number of nitrogens with zero attached hydrogens (tertiary/aromatic N) is 15. The first kappa shape index (κ1) is 65.1. The molecule has 18 aromatic rings. The van der Waals surface area contributed by atoms with Crippen molar-refractivity contribution in [2.24, 2.45) is 42.3 Å². The van der Waals surface area contributed by atoms with Crippen LogP contribution >= 0.6 is 34.0 Å². The molecule has 18 nitrogen and oxygen atoms in total. The third-order valence-corrected chi connectivity index (χ3v) is 21.7. The van der Waals surface area contributed by atoms with Crippen LogP contribution in [0.25, 0.3) is 97.8 Å². The maximum absolute atomic E-state index is 5.53. The van der Waals surface area contributed by atoms with Crippen LogP contribution in [0.15, 0.2) is 142 Å². The van der Waals surface area contributed by atoms with Crippen molar-refractivity contribution in [3.63, 3.8) is 0 Å². The van der Waals surface area contributed by atoms with E-state index in [1.54, 1.807) is 22.7 Å². The monoisotopic (exact) mass is 1340 g/mol. The summed E-state index contributed by atoms with van der Waals surface area (Å²) in [6.45, 7) is 25.4. The van der Waals surface area contributed by atoms with Crippen molar-refractivity contribution in [2.75, 3.05) is 0 Å². The number of furan rings is 2. The van der Waals surface area contributed by atoms with Crippen LogP contribution in [0.2, 0.25) is 0 Å². The van der Waals surface area contributed by atoms with E-state index in [1.165, 1.54) is 109 Å². The Kier molecular flexibility index (Phi) is 17.8. The average Bonchev–Trinajstić information content (AvgIpc) is 1.65. The fraction of sp³-hybridized carbons (Fsp3) is 0.320. The first-order valence-electron chi connectivity index (χ1n) is 33.1. The average molecular weight is 1340 g/mol. The quantitative estimate of drug-likeness (QED) is 0.152. The van der Waals surface area contributed by atoms with Gasteiger partial charge in [-0.2, -0.15) is 13.2 Å². The highest BCUT2D eigenvalue weighted by Crippen LogP contribution is 2.27. The van der Waals surface area contributed by atoms with Gasteiger partial charge >= 0.3 is 5.65 Å². The maximum atomic E-state index is 5.53. The minimum atomic E-state index is 0.705. The highest BCUT2D eigenvalue weighted by molar-refractivity contribution is 7.18. The number of thiophene rings is 1. The second-order valence-electron chi connectivity index (χ2n) is 24.8. The number of fused-ring (bicyclic) bond motifs is 15. The molecule has 0 radical (unpaired) electrons. The van der Waals surface area contributed by atoms with Crippen molar-refractivity contribution < 1.29 is 39.7 Å². The number of thiazole rings is 2. The summed E-state index contributed by atoms with van der Waals surface area (Å²) in [6, 6.07) is 19.1. The van der Waals surface area contributed by atoms with Gasteiger partial charge in [0.05, 0.1) is 76.0 Å². The second kappa shape index (κ2) is 26.2. The van der Waals surface area contributed by atoms with Crippen LogP contribution in [0, 0.1) is 41.5 Å². The smallest absolute Gasteiger partial charge is 0.314 e. The van der Waals surface area contributed by atoms with Crippen molar-refractivity contribution in [1.29, 1.82) is 0 Å². The zero-order valence-electron chi connectivity index (χ0n) is 58.5. The second-order valence-corrected chi connectivity index (χ2v) is 28.2. The first-order chi connectivity index (χ1) is 46.2. The third-order valence-electron chi connectivity index (χ3n) is 18.8. The van der Waals surface area contributed by atoms with Gasteiger partial charge in [0.1, 0.15) is 106 Å². The third kappa shape index (κ3) is 11.7. The molecular formula is C75H87N15O3S3+6. The van der Waals surface area contributed by atoms with E-state index < -0.39 is 0 Å². The number of aromatic nitrogens is 15. The van der Waals surface area contributed by atoms with E-state index >= 15 is 0 Å². The zero-order chi connectivity index (χ0) is 67.7. The fourth-order valence-corrected chi connectivity index (χ4v) is 15.9. The summed E-state index contributed by atoms with van der Waals surface area (Å²) in [5.74, 6) is 0.705. The molecule has 0 saturated heterocycles. The summed E-state index contributed by atoms with van der Waals surface area (Å²) in [6.07, 6.45) is 29.5. The van der Waals surface area contributed by atoms with Gasteiger partial charge in [-0.15, -0.1) is 22.7 Å². The number of rotatable bonds is 6. The molecular weight excluding hydrogens is 1260 g/mol. The number of pyridine rings is 6. The Morgan fingerprint density at radius 3 is 1.43 bits per heavy atom. The summed E-state index contributed by atoms with van der Waals surface area (Å²) in [5, 5.41) is 7.03. The van der Waals surface area contributed by atoms with Crippen LogP contribution in [0.1, 0.15) is 108 Å². The number of oxazole rings is 1. The minimum absolute atomic E-state index is 0.705. The number of hydrogen-bond acceptors (Lipinski definition) is 9. The van der Waals surface area contributed by atoms with Gasteiger partial charge in [-0.3, -0.25) is 9.13 Å². The van der Waals surface area contributed by atoms with Crippen LogP contribution in [-0.2, 0) is 80.8 Å². The standard InChI is InChI=1S/2C13H15N2O.C13H15N2S.C12H14N3O.2C12H14N3S/c1-4-10-6-15-7-11-9(2)8-16-12(11)5-13(15)14(10)3;1-4-10-7-15-12(14(10)3)6-5-11-13(15)9(2)8-16-11;1-4-10-6-15-7-11-9(2)8-16-12(11)5-13(15)14(10)3;1-4-9-7-15-11(14(9)3)6-5-10-12(15)13-8(2)16-10;1-4-9-6-15-7-10-11(16-8(2)13-10)5-12(15)14(9)3;1-4-9-7-15-11(14(9)3)6-5-10-12(15)13-8(2)16-10/h3*5-8H,4H2,1-3H3;3*5-7H,4H2,1-3H3/q6*+1. The molecule has 0 fully saturated rings. The predicted molar refractivity (Wildman–Crippen MR) is 385 cm³/mol. The Morgan fingerprint density at radius 1 is 0.385 bits per heavy atom. The van der Waals surface area contributed by atoms with E-state index in [-0.39, 0.29) is 0 Å². The molecule has 0 unspecified atom stereocenters. The molecule has 0 atom stereocenters. The summed E-state index contributed by atoms with van der Waals surface area (Å²) in [5.41, 5.74) is 25.9. The maximum Gasteiger partial charge on any atom is 0.314 e. The molecule has 0 aliphatic heterocycles. The van der Waals surface area contributed by atoms with Crippen LogP contribution in [0.5, 0.6) is 0 Å². The molecule has 0 saturated carbocycles. The van der Waals surface area contributed by atoms with Gasteiger partial charge in [0.25, 0.3) is 34.1 Å². The van der Waals surface area contributed by atoms with E-state index in [9.17, 15) is 0 Å². The number of imidazole rings is 6. The van der Waals surface area contributed by atoms with E-state index in [0.717, 1.165) is 87.7 Å². The van der Waals surface area contributed by atoms with E-state index in [1.807, 2.05) is 42.9 Å². The van der Waals surface area contributed by atoms with Gasteiger partial charge < -0.3 is 13.3 Å². The molecule has 0 aromatic carbocycles. The van der Waals surface area contributed by atoms with Crippen LogP contribution < -0.4 is 26.4 Å². The molecule has 492 valence electrons. The topological polar surface area (TPSA) is 132 Å². The zero-order valence-corrected chi connectivity index (χ0v) is 61.0. The first-order valence-corrected chi connectivity index (χ1v) is 35.6. The van der Waals surface area contributed by atoms with Gasteiger partial charge in [0, 0.05) is 98.4 Å². The molecule has 0 aliphatic carbocycles. The van der Waals surface area contributed by atoms with Crippen molar-refractivity contribution in [2.45, 2.75) is 122 Å². The highest BCUT2D eigenvalue weighted by Gasteiger charge is 2.23. The largest absolute Gasteiger partial charge is 0.464 e. The van der Waals surface area contributed by atoms with Crippen LogP contribution in [0.4, 0.5) is 0 Å². The van der Waals surface area contributed by atoms with Crippen LogP contribution in [-0.4, -0.2) is 42.4 Å². The molecule has 18 heterocycles. The van der Waals surface area contributed by atoms with Crippen molar-refractivity contribution in [3.05, 3.63) is 195 Å². The number of aryl methyl sites for hydroxylation is 18. The molecule has 0 amide bonds. The van der Waals surface area contributed by atoms with E-state index in [4.69, 9.17) is 13.3 Å². The molecule has 18 rings (SSSR count). The summed E-state index contributed by atoms with van der Waals surface area (Å²) >= 11 is 5.33. The number of hydrogen-bond donors (Lipinski definition) is 0. The lowest BCUT2D eigenvalue weighted by atomic mass is 10.2. The van der Waals surface area contributed by atoms with Crippen molar-refractivity contribution in [3.8, 4) is 0 Å². The summed E-state index contributed by atoms with van der Waals surface area (Å²) in [4.78, 5) is 13.5. The van der Waals surface area contributed by atoms with Gasteiger partial charge in [0.2, 0.25) is 16.9 Å². The Bertz CT molecular complexity index is 5660. The summed E-state index contributed by atoms with van der Waals surface area (Å²) in [7, 11) is 12.6. The van der Waals surface area contributed by atoms with E-state index in [0.29, 0.717) is 5.89 Å². The molecule has 18 aromatic heterocycles. The Labute approximate surface area is 569 Å². The lowest BCUT2D eigenvalue weighted by Gasteiger charge is -1.92. The van der Waals surface area contributed by atoms with Crippen molar-refractivity contribution in [1.82, 2.24) is 42.4 Å². The molecule has 0 bridgehead atoms. The lowest BCUT2D eigenvalue weighted by molar-refractivity contribution is -0.509. The van der Waals surface area contributed by atoms with Gasteiger partial charge in [-0.1, -0.05) is 62.8 Å². The highest BCUT2D eigenvalue weighted by atomic mass is 32.1. The van der Waals surface area contributed by atoms with Gasteiger partial charge in [-0.25, -0.2) is 36.5 Å². The molecule has 0 spiro atoms. The fourth-order valence-electron chi connectivity index (χ4n) is 13.3. The van der Waals surface area contributed by atoms with E-state index in [2.05, 4.69) is 291 Å². The summed E-state index contributed by atoms with van der Waals surface area (Å²) < 4.78 is 46.9. The van der Waals surface area contributed by atoms with Crippen LogP contribution in [0.3, 0.4) is 0 Å². The lowest BCUT2D eigenvalue weighted by Crippen LogP contribution is -2.20. The molecule has 0 aliphatic rings. The minimum Gasteiger partial charge on any atom is -0.464 e. The normalized spacial score (nSPS) is 11.7. The van der Waals surface area contributed by atoms with Crippen molar-refractivity contribution >= 4 is 132 Å². The molecule has 21 heteroatoms. The Morgan fingerprint density at radius 2 is 0.833 bits per heavy atom. The molecule has 96 heavy (non-hydrogen) atoms. The molecule has 0 N–H and O–H groups in total. The Balaban J connectivity index is 0.000000104. The van der Waals surface area contributed by atoms with Gasteiger partial charge in [0.15, 0.2) is 16.1 Å². The predicted octanol–water partition coefficient (Wildman–Crippen LogP) is 13.9.